The van der Waals surface area contributed by atoms with Crippen molar-refractivity contribution in [3.8, 4) is 0 Å². The molecule has 3 N–H and O–H groups in total. The van der Waals surface area contributed by atoms with E-state index in [0.29, 0.717) is 52.2 Å². The van der Waals surface area contributed by atoms with Gasteiger partial charge in [0.1, 0.15) is 11.9 Å². The highest BCUT2D eigenvalue weighted by molar-refractivity contribution is 5.91. The van der Waals surface area contributed by atoms with Gasteiger partial charge in [0.25, 0.3) is 0 Å². The number of hydrogen-bond donors (Lipinski definition) is 3. The lowest BCUT2D eigenvalue weighted by molar-refractivity contribution is -0.144. The summed E-state index contributed by atoms with van der Waals surface area (Å²) in [6.45, 7) is 7.26. The molecule has 1 aromatic heterocycles. The van der Waals surface area contributed by atoms with E-state index in [-0.39, 0.29) is 5.91 Å². The number of aromatic nitrogens is 1. The van der Waals surface area contributed by atoms with Gasteiger partial charge in [-0.2, -0.15) is 0 Å². The summed E-state index contributed by atoms with van der Waals surface area (Å²) >= 11 is 0. The van der Waals surface area contributed by atoms with Crippen molar-refractivity contribution in [3.05, 3.63) is 59.3 Å². The number of carboxylic acid groups (broad SMARTS) is 1. The normalized spacial score (nSPS) is 16.9. The van der Waals surface area contributed by atoms with Gasteiger partial charge in [0.2, 0.25) is 5.91 Å². The smallest absolute Gasteiger partial charge is 0.326 e. The molecule has 224 valence electrons. The van der Waals surface area contributed by atoms with Crippen LogP contribution in [-0.2, 0) is 37.3 Å². The quantitative estimate of drug-likeness (QED) is 0.263. The number of fused-ring (bicyclic) bond motifs is 1. The Hall–Kier alpha value is -3.01. The van der Waals surface area contributed by atoms with Crippen molar-refractivity contribution in [2.24, 2.45) is 0 Å². The lowest BCUT2D eigenvalue weighted by Gasteiger charge is -2.37. The number of amides is 1. The standard InChI is InChI=1S/C32H46N4O5/c1-2-40-24-21-36(19-7-6-12-27-14-13-25-9-8-18-33-29(25)34-27)20-15-28(30(37)38)35-31(39)32(16-22-41-23-17-32)26-10-4-3-5-11-26/h3-5,10-11,13-14,28H,2,6-9,12,15-24H2,1H3,(H,33,34)(H,35,39)(H,37,38)/t28-/m0/s1. The van der Waals surface area contributed by atoms with Crippen LogP contribution < -0.4 is 10.6 Å². The Kier molecular flexibility index (Phi) is 12.0. The summed E-state index contributed by atoms with van der Waals surface area (Å²) in [5, 5.41) is 16.3. The number of nitrogens with one attached hydrogen (secondary N) is 2. The van der Waals surface area contributed by atoms with E-state index in [1.165, 1.54) is 5.56 Å². The summed E-state index contributed by atoms with van der Waals surface area (Å²) in [7, 11) is 0. The van der Waals surface area contributed by atoms with E-state index in [1.807, 2.05) is 37.3 Å². The number of carboxylic acids is 1. The molecule has 2 aliphatic rings. The van der Waals surface area contributed by atoms with Crippen LogP contribution in [0.1, 0.15) is 62.3 Å². The molecule has 1 aromatic carbocycles. The fourth-order valence-corrected chi connectivity index (χ4v) is 5.81. The number of aryl methyl sites for hydroxylation is 2. The highest BCUT2D eigenvalue weighted by atomic mass is 16.5. The summed E-state index contributed by atoms with van der Waals surface area (Å²) in [5.41, 5.74) is 2.54. The summed E-state index contributed by atoms with van der Waals surface area (Å²) in [6, 6.07) is 13.0. The van der Waals surface area contributed by atoms with Gasteiger partial charge in [0, 0.05) is 45.1 Å². The van der Waals surface area contributed by atoms with Gasteiger partial charge in [0.15, 0.2) is 0 Å². The van der Waals surface area contributed by atoms with E-state index >= 15 is 0 Å². The van der Waals surface area contributed by atoms with E-state index in [0.717, 1.165) is 68.8 Å². The maximum absolute atomic E-state index is 13.7. The van der Waals surface area contributed by atoms with Gasteiger partial charge in [-0.1, -0.05) is 36.4 Å². The molecule has 2 aromatic rings. The van der Waals surface area contributed by atoms with Crippen molar-refractivity contribution in [1.29, 1.82) is 0 Å². The van der Waals surface area contributed by atoms with Crippen molar-refractivity contribution in [2.75, 3.05) is 57.9 Å². The van der Waals surface area contributed by atoms with Gasteiger partial charge < -0.3 is 30.1 Å². The predicted octanol–water partition coefficient (Wildman–Crippen LogP) is 3.81. The predicted molar refractivity (Wildman–Crippen MR) is 159 cm³/mol. The topological polar surface area (TPSA) is 113 Å². The highest BCUT2D eigenvalue weighted by Crippen LogP contribution is 2.35. The minimum absolute atomic E-state index is 0.229. The number of nitrogens with zero attached hydrogens (tertiary/aromatic N) is 2. The first-order valence-electron chi connectivity index (χ1n) is 15.2. The minimum Gasteiger partial charge on any atom is -0.480 e. The highest BCUT2D eigenvalue weighted by Gasteiger charge is 2.43. The number of carbonyl (C=O) groups is 2. The fourth-order valence-electron chi connectivity index (χ4n) is 5.81. The number of carbonyl (C=O) groups excluding carboxylic acids is 1. The molecule has 0 saturated carbocycles. The second-order valence-corrected chi connectivity index (χ2v) is 11.0. The van der Waals surface area contributed by atoms with E-state index in [1.54, 1.807) is 0 Å². The van der Waals surface area contributed by atoms with E-state index in [2.05, 4.69) is 27.7 Å². The van der Waals surface area contributed by atoms with Crippen LogP contribution >= 0.6 is 0 Å². The first-order chi connectivity index (χ1) is 20.0. The Morgan fingerprint density at radius 2 is 1.93 bits per heavy atom. The van der Waals surface area contributed by atoms with Crippen LogP contribution in [0.2, 0.25) is 0 Å². The van der Waals surface area contributed by atoms with Crippen LogP contribution in [0.4, 0.5) is 5.82 Å². The zero-order chi connectivity index (χ0) is 28.9. The number of unbranched alkanes of at least 4 members (excludes halogenated alkanes) is 1. The summed E-state index contributed by atoms with van der Waals surface area (Å²) in [4.78, 5) is 33.0. The monoisotopic (exact) mass is 566 g/mol. The molecular weight excluding hydrogens is 520 g/mol. The average molecular weight is 567 g/mol. The zero-order valence-corrected chi connectivity index (χ0v) is 24.4. The average Bonchev–Trinajstić information content (AvgIpc) is 3.01. The molecule has 1 saturated heterocycles. The Balaban J connectivity index is 1.32. The second-order valence-electron chi connectivity index (χ2n) is 11.0. The van der Waals surface area contributed by atoms with Crippen molar-refractivity contribution in [2.45, 2.75) is 69.7 Å². The van der Waals surface area contributed by atoms with Gasteiger partial charge in [-0.25, -0.2) is 9.78 Å². The number of ether oxygens (including phenoxy) is 2. The molecule has 1 amide bonds. The molecule has 9 nitrogen and oxygen atoms in total. The third-order valence-electron chi connectivity index (χ3n) is 8.31. The molecule has 1 atom stereocenters. The van der Waals surface area contributed by atoms with Crippen LogP contribution in [0.25, 0.3) is 0 Å². The lowest BCUT2D eigenvalue weighted by atomic mass is 9.73. The Bertz CT molecular complexity index is 1110. The molecule has 0 aliphatic carbocycles. The molecule has 0 spiro atoms. The molecule has 0 unspecified atom stereocenters. The third kappa shape index (κ3) is 8.74. The number of benzene rings is 1. The first kappa shape index (κ1) is 30.9. The van der Waals surface area contributed by atoms with Gasteiger partial charge in [-0.05, 0) is 82.0 Å². The van der Waals surface area contributed by atoms with Gasteiger partial charge in [-0.3, -0.25) is 4.79 Å². The number of hydrogen-bond acceptors (Lipinski definition) is 7. The van der Waals surface area contributed by atoms with Gasteiger partial charge in [0.05, 0.1) is 12.0 Å². The van der Waals surface area contributed by atoms with Crippen molar-refractivity contribution in [3.63, 3.8) is 0 Å². The van der Waals surface area contributed by atoms with Crippen LogP contribution in [0, 0.1) is 0 Å². The molecule has 41 heavy (non-hydrogen) atoms. The molecule has 4 rings (SSSR count). The number of anilines is 1. The fraction of sp³-hybridized carbons (Fsp3) is 0.594. The summed E-state index contributed by atoms with van der Waals surface area (Å²) in [6.07, 6.45) is 6.51. The van der Waals surface area contributed by atoms with E-state index in [4.69, 9.17) is 14.5 Å². The molecule has 1 fully saturated rings. The van der Waals surface area contributed by atoms with Crippen LogP contribution in [-0.4, -0.2) is 85.5 Å². The molecule has 0 radical (unpaired) electrons. The summed E-state index contributed by atoms with van der Waals surface area (Å²) in [5.74, 6) is -0.207. The zero-order valence-electron chi connectivity index (χ0n) is 24.4. The summed E-state index contributed by atoms with van der Waals surface area (Å²) < 4.78 is 11.1. The molecule has 0 bridgehead atoms. The second kappa shape index (κ2) is 15.8. The molecule has 9 heteroatoms. The van der Waals surface area contributed by atoms with Gasteiger partial charge >= 0.3 is 5.97 Å². The van der Waals surface area contributed by atoms with Crippen LogP contribution in [0.5, 0.6) is 0 Å². The molecular formula is C32H46N4O5. The van der Waals surface area contributed by atoms with E-state index < -0.39 is 17.4 Å². The maximum Gasteiger partial charge on any atom is 0.326 e. The lowest BCUT2D eigenvalue weighted by Crippen LogP contribution is -2.53. The van der Waals surface area contributed by atoms with Gasteiger partial charge in [-0.15, -0.1) is 0 Å². The van der Waals surface area contributed by atoms with Crippen molar-refractivity contribution < 1.29 is 24.2 Å². The van der Waals surface area contributed by atoms with E-state index in [9.17, 15) is 14.7 Å². The number of pyridine rings is 1. The Morgan fingerprint density at radius 1 is 1.12 bits per heavy atom. The van der Waals surface area contributed by atoms with Crippen molar-refractivity contribution >= 4 is 17.7 Å². The van der Waals surface area contributed by atoms with Crippen LogP contribution in [0.15, 0.2) is 42.5 Å². The molecule has 3 heterocycles. The van der Waals surface area contributed by atoms with Crippen molar-refractivity contribution in [1.82, 2.24) is 15.2 Å². The van der Waals surface area contributed by atoms with Crippen LogP contribution in [0.3, 0.4) is 0 Å². The Labute approximate surface area is 244 Å². The largest absolute Gasteiger partial charge is 0.480 e. The maximum atomic E-state index is 13.7. The Morgan fingerprint density at radius 3 is 2.68 bits per heavy atom. The number of aliphatic carboxylic acids is 1. The SMILES string of the molecule is CCOCCN(CCCCc1ccc2c(n1)NCCC2)CC[C@H](NC(=O)C1(c2ccccc2)CCOCC1)C(=O)O. The first-order valence-corrected chi connectivity index (χ1v) is 15.2. The third-order valence-corrected chi connectivity index (χ3v) is 8.31. The minimum atomic E-state index is -1.01. The number of rotatable bonds is 16. The molecule has 2 aliphatic heterocycles.